The van der Waals surface area contributed by atoms with E-state index in [9.17, 15) is 9.59 Å². The second-order valence-corrected chi connectivity index (χ2v) is 7.55. The Kier molecular flexibility index (Phi) is 4.23. The number of nitrogens with zero attached hydrogens (tertiary/aromatic N) is 1. The molecule has 2 aromatic rings. The molecule has 2 aliphatic rings. The van der Waals surface area contributed by atoms with Crippen molar-refractivity contribution >= 4 is 23.3 Å². The number of ketones is 1. The number of hydrogen-bond donors (Lipinski definition) is 0. The van der Waals surface area contributed by atoms with Crippen molar-refractivity contribution in [2.75, 3.05) is 13.1 Å². The molecule has 1 spiro atoms. The van der Waals surface area contributed by atoms with Gasteiger partial charge in [-0.1, -0.05) is 29.8 Å². The van der Waals surface area contributed by atoms with Crippen LogP contribution < -0.4 is 4.74 Å². The Labute approximate surface area is 157 Å². The normalized spacial score (nSPS) is 18.4. The van der Waals surface area contributed by atoms with Gasteiger partial charge in [0.25, 0.3) is 5.91 Å². The lowest BCUT2D eigenvalue weighted by molar-refractivity contribution is -0.00573. The standard InChI is InChI=1S/C21H20ClNO3/c1-14-11-19-16(12-17(14)22)18(24)13-21(26-19)7-9-23(10-8-21)20(25)15-5-3-2-4-6-15/h2-6,11-12H,7-10,13H2,1H3. The van der Waals surface area contributed by atoms with Crippen LogP contribution in [0.1, 0.15) is 45.5 Å². The van der Waals surface area contributed by atoms with Gasteiger partial charge in [0.1, 0.15) is 11.4 Å². The van der Waals surface area contributed by atoms with Crippen LogP contribution in [0.15, 0.2) is 42.5 Å². The van der Waals surface area contributed by atoms with Gasteiger partial charge in [-0.2, -0.15) is 0 Å². The molecule has 1 saturated heterocycles. The molecule has 0 saturated carbocycles. The SMILES string of the molecule is Cc1cc2c(cc1Cl)C(=O)CC1(CCN(C(=O)c3ccccc3)CC1)O2. The maximum Gasteiger partial charge on any atom is 0.253 e. The Morgan fingerprint density at radius 2 is 1.85 bits per heavy atom. The lowest BCUT2D eigenvalue weighted by Gasteiger charge is -2.44. The summed E-state index contributed by atoms with van der Waals surface area (Å²) in [6.45, 7) is 3.07. The third-order valence-corrected chi connectivity index (χ3v) is 5.76. The summed E-state index contributed by atoms with van der Waals surface area (Å²) in [6.07, 6.45) is 1.64. The van der Waals surface area contributed by atoms with E-state index in [2.05, 4.69) is 0 Å². The summed E-state index contributed by atoms with van der Waals surface area (Å²) >= 11 is 6.15. The van der Waals surface area contributed by atoms with Crippen LogP contribution in [0, 0.1) is 6.92 Å². The van der Waals surface area contributed by atoms with Crippen LogP contribution in [0.5, 0.6) is 5.75 Å². The van der Waals surface area contributed by atoms with Crippen LogP contribution in [0.25, 0.3) is 0 Å². The predicted octanol–water partition coefficient (Wildman–Crippen LogP) is 4.29. The Balaban J connectivity index is 1.51. The fourth-order valence-electron chi connectivity index (χ4n) is 3.77. The maximum atomic E-state index is 12.6. The van der Waals surface area contributed by atoms with Gasteiger partial charge in [-0.15, -0.1) is 0 Å². The molecule has 2 aromatic carbocycles. The smallest absolute Gasteiger partial charge is 0.253 e. The molecule has 5 heteroatoms. The Morgan fingerprint density at radius 3 is 2.54 bits per heavy atom. The van der Waals surface area contributed by atoms with Crippen molar-refractivity contribution in [1.29, 1.82) is 0 Å². The number of fused-ring (bicyclic) bond motifs is 1. The van der Waals surface area contributed by atoms with Crippen LogP contribution in [0.3, 0.4) is 0 Å². The first-order valence-corrected chi connectivity index (χ1v) is 9.22. The Morgan fingerprint density at radius 1 is 1.15 bits per heavy atom. The number of rotatable bonds is 1. The molecule has 0 aromatic heterocycles. The van der Waals surface area contributed by atoms with Crippen LogP contribution >= 0.6 is 11.6 Å². The molecule has 134 valence electrons. The molecule has 0 radical (unpaired) electrons. The number of piperidine rings is 1. The first kappa shape index (κ1) is 17.1. The van der Waals surface area contributed by atoms with Crippen molar-refractivity contribution < 1.29 is 14.3 Å². The minimum atomic E-state index is -0.516. The van der Waals surface area contributed by atoms with Crippen LogP contribution in [0.2, 0.25) is 5.02 Å². The van der Waals surface area contributed by atoms with Crippen LogP contribution in [0.4, 0.5) is 0 Å². The summed E-state index contributed by atoms with van der Waals surface area (Å²) < 4.78 is 6.28. The number of ether oxygens (including phenoxy) is 1. The van der Waals surface area contributed by atoms with E-state index in [1.54, 1.807) is 6.07 Å². The highest BCUT2D eigenvalue weighted by Crippen LogP contribution is 2.41. The molecule has 2 heterocycles. The molecular weight excluding hydrogens is 350 g/mol. The molecule has 0 N–H and O–H groups in total. The number of hydrogen-bond acceptors (Lipinski definition) is 3. The van der Waals surface area contributed by atoms with Gasteiger partial charge < -0.3 is 9.64 Å². The number of carbonyl (C=O) groups is 2. The van der Waals surface area contributed by atoms with Gasteiger partial charge in [0.2, 0.25) is 0 Å². The van der Waals surface area contributed by atoms with Crippen LogP contribution in [-0.4, -0.2) is 35.3 Å². The summed E-state index contributed by atoms with van der Waals surface area (Å²) in [5.41, 5.74) is 1.64. The van der Waals surface area contributed by atoms with E-state index in [-0.39, 0.29) is 11.7 Å². The van der Waals surface area contributed by atoms with Crippen molar-refractivity contribution in [3.63, 3.8) is 0 Å². The molecule has 0 aliphatic carbocycles. The number of amides is 1. The highest BCUT2D eigenvalue weighted by Gasteiger charge is 2.43. The summed E-state index contributed by atoms with van der Waals surface area (Å²) in [5, 5.41) is 0.583. The molecule has 26 heavy (non-hydrogen) atoms. The molecule has 0 unspecified atom stereocenters. The quantitative estimate of drug-likeness (QED) is 0.753. The zero-order chi connectivity index (χ0) is 18.3. The van der Waals surface area contributed by atoms with Gasteiger partial charge in [0, 0.05) is 36.5 Å². The molecule has 2 aliphatic heterocycles. The number of benzene rings is 2. The summed E-state index contributed by atoms with van der Waals surface area (Å²) in [5.74, 6) is 0.715. The number of aryl methyl sites for hydroxylation is 1. The van der Waals surface area contributed by atoms with Gasteiger partial charge >= 0.3 is 0 Å². The van der Waals surface area contributed by atoms with E-state index in [0.29, 0.717) is 54.3 Å². The highest BCUT2D eigenvalue weighted by atomic mass is 35.5. The average molecular weight is 370 g/mol. The van der Waals surface area contributed by atoms with E-state index in [1.807, 2.05) is 48.2 Å². The van der Waals surface area contributed by atoms with Crippen molar-refractivity contribution in [3.05, 3.63) is 64.2 Å². The summed E-state index contributed by atoms with van der Waals surface area (Å²) in [6, 6.07) is 12.8. The van der Waals surface area contributed by atoms with Gasteiger partial charge in [-0.25, -0.2) is 0 Å². The van der Waals surface area contributed by atoms with E-state index in [0.717, 1.165) is 5.56 Å². The zero-order valence-corrected chi connectivity index (χ0v) is 15.4. The molecule has 0 bridgehead atoms. The summed E-state index contributed by atoms with van der Waals surface area (Å²) in [7, 11) is 0. The first-order chi connectivity index (χ1) is 12.5. The van der Waals surface area contributed by atoms with Gasteiger partial charge in [0.15, 0.2) is 5.78 Å². The van der Waals surface area contributed by atoms with Gasteiger partial charge in [0.05, 0.1) is 12.0 Å². The maximum absolute atomic E-state index is 12.6. The van der Waals surface area contributed by atoms with Gasteiger partial charge in [-0.05, 0) is 36.8 Å². The predicted molar refractivity (Wildman–Crippen MR) is 100 cm³/mol. The monoisotopic (exact) mass is 369 g/mol. The Hall–Kier alpha value is -2.33. The highest BCUT2D eigenvalue weighted by molar-refractivity contribution is 6.31. The number of Topliss-reactive ketones (excluding diaryl/α,β-unsaturated/α-hetero) is 1. The number of likely N-dealkylation sites (tertiary alicyclic amines) is 1. The fraction of sp³-hybridized carbons (Fsp3) is 0.333. The molecule has 4 nitrogen and oxygen atoms in total. The molecule has 4 rings (SSSR count). The van der Waals surface area contributed by atoms with Crippen molar-refractivity contribution in [3.8, 4) is 5.75 Å². The van der Waals surface area contributed by atoms with E-state index >= 15 is 0 Å². The topological polar surface area (TPSA) is 46.6 Å². The number of halogens is 1. The molecule has 1 fully saturated rings. The lowest BCUT2D eigenvalue weighted by Crippen LogP contribution is -2.52. The zero-order valence-electron chi connectivity index (χ0n) is 14.6. The third kappa shape index (κ3) is 2.99. The minimum absolute atomic E-state index is 0.0330. The van der Waals surface area contributed by atoms with Crippen molar-refractivity contribution in [2.24, 2.45) is 0 Å². The average Bonchev–Trinajstić information content (AvgIpc) is 2.64. The fourth-order valence-corrected chi connectivity index (χ4v) is 3.94. The minimum Gasteiger partial charge on any atom is -0.486 e. The second-order valence-electron chi connectivity index (χ2n) is 7.14. The van der Waals surface area contributed by atoms with E-state index in [1.165, 1.54) is 0 Å². The largest absolute Gasteiger partial charge is 0.486 e. The molecular formula is C21H20ClNO3. The van der Waals surface area contributed by atoms with E-state index < -0.39 is 5.60 Å². The number of carbonyl (C=O) groups excluding carboxylic acids is 2. The lowest BCUT2D eigenvalue weighted by atomic mass is 9.82. The van der Waals surface area contributed by atoms with Crippen molar-refractivity contribution in [1.82, 2.24) is 4.90 Å². The summed E-state index contributed by atoms with van der Waals surface area (Å²) in [4.78, 5) is 27.1. The van der Waals surface area contributed by atoms with Crippen molar-refractivity contribution in [2.45, 2.75) is 31.8 Å². The van der Waals surface area contributed by atoms with Gasteiger partial charge in [-0.3, -0.25) is 9.59 Å². The third-order valence-electron chi connectivity index (χ3n) is 5.35. The van der Waals surface area contributed by atoms with Crippen LogP contribution in [-0.2, 0) is 0 Å². The second kappa shape index (κ2) is 6.44. The molecule has 1 amide bonds. The molecule has 0 atom stereocenters. The van der Waals surface area contributed by atoms with E-state index in [4.69, 9.17) is 16.3 Å². The Bertz CT molecular complexity index is 870. The first-order valence-electron chi connectivity index (χ1n) is 8.84.